The van der Waals surface area contributed by atoms with Crippen LogP contribution >= 0.6 is 15.9 Å². The molecule has 1 aromatic rings. The fraction of sp³-hybridized carbons (Fsp3) is 0.562. The van der Waals surface area contributed by atoms with Crippen LogP contribution in [-0.2, 0) is 20.7 Å². The highest BCUT2D eigenvalue weighted by atomic mass is 79.9. The van der Waals surface area contributed by atoms with Crippen molar-refractivity contribution in [3.8, 4) is 5.75 Å². The molecule has 2 rings (SSSR count). The summed E-state index contributed by atoms with van der Waals surface area (Å²) in [5.74, 6) is 0.171. The number of halogens is 1. The summed E-state index contributed by atoms with van der Waals surface area (Å²) in [7, 11) is 0. The molecule has 1 amide bonds. The highest BCUT2D eigenvalue weighted by Gasteiger charge is 2.28. The van der Waals surface area contributed by atoms with Gasteiger partial charge in [-0.3, -0.25) is 4.79 Å². The van der Waals surface area contributed by atoms with Crippen LogP contribution < -0.4 is 10.5 Å². The second-order valence-corrected chi connectivity index (χ2v) is 5.98. The predicted molar refractivity (Wildman–Crippen MR) is 86.9 cm³/mol. The van der Waals surface area contributed by atoms with Crippen molar-refractivity contribution in [2.45, 2.75) is 38.9 Å². The molecule has 0 spiro atoms. The quantitative estimate of drug-likeness (QED) is 0.713. The molecule has 0 bridgehead atoms. The van der Waals surface area contributed by atoms with Crippen molar-refractivity contribution >= 4 is 21.8 Å². The second kappa shape index (κ2) is 7.94. The molecule has 0 aliphatic heterocycles. The average Bonchev–Trinajstić information content (AvgIpc) is 2.87. The molecule has 1 aromatic carbocycles. The second-order valence-electron chi connectivity index (χ2n) is 5.13. The number of nitrogens with two attached hydrogens (primary N) is 1. The number of hydrogen-bond donors (Lipinski definition) is 1. The van der Waals surface area contributed by atoms with Crippen LogP contribution in [-0.4, -0.2) is 32.0 Å². The van der Waals surface area contributed by atoms with Crippen LogP contribution in [0.4, 0.5) is 0 Å². The number of amides is 1. The lowest BCUT2D eigenvalue weighted by atomic mass is 10.0. The maximum Gasteiger partial charge on any atom is 0.224 e. The van der Waals surface area contributed by atoms with Crippen LogP contribution in [0.15, 0.2) is 16.6 Å². The fourth-order valence-corrected chi connectivity index (χ4v) is 3.19. The molecule has 0 fully saturated rings. The third-order valence-electron chi connectivity index (χ3n) is 3.69. The van der Waals surface area contributed by atoms with E-state index in [0.29, 0.717) is 25.6 Å². The van der Waals surface area contributed by atoms with E-state index in [1.54, 1.807) is 0 Å². The summed E-state index contributed by atoms with van der Waals surface area (Å²) in [5, 5.41) is 0. The first kappa shape index (κ1) is 17.2. The Hall–Kier alpha value is -1.11. The summed E-state index contributed by atoms with van der Waals surface area (Å²) in [6.45, 7) is 5.23. The van der Waals surface area contributed by atoms with E-state index in [-0.39, 0.29) is 11.8 Å². The summed E-state index contributed by atoms with van der Waals surface area (Å²) in [6.07, 6.45) is 1.23. The summed E-state index contributed by atoms with van der Waals surface area (Å²) >= 11 is 3.51. The zero-order valence-corrected chi connectivity index (χ0v) is 14.5. The Morgan fingerprint density at radius 3 is 2.64 bits per heavy atom. The van der Waals surface area contributed by atoms with Gasteiger partial charge in [0, 0.05) is 13.2 Å². The first-order chi connectivity index (χ1) is 10.6. The molecule has 1 unspecified atom stereocenters. The Kier molecular flexibility index (Phi) is 6.23. The molecular weight excluding hydrogens is 350 g/mol. The first-order valence-corrected chi connectivity index (χ1v) is 8.33. The van der Waals surface area contributed by atoms with Crippen molar-refractivity contribution in [2.75, 3.05) is 19.8 Å². The number of aryl methyl sites for hydroxylation is 1. The van der Waals surface area contributed by atoms with Gasteiger partial charge in [0.15, 0.2) is 6.29 Å². The lowest BCUT2D eigenvalue weighted by Gasteiger charge is -2.19. The minimum atomic E-state index is -0.401. The van der Waals surface area contributed by atoms with Gasteiger partial charge in [-0.15, -0.1) is 0 Å². The van der Waals surface area contributed by atoms with Crippen molar-refractivity contribution in [1.29, 1.82) is 0 Å². The molecule has 0 radical (unpaired) electrons. The number of hydrogen-bond acceptors (Lipinski definition) is 4. The average molecular weight is 372 g/mol. The maximum absolute atomic E-state index is 11.5. The summed E-state index contributed by atoms with van der Waals surface area (Å²) in [4.78, 5) is 11.5. The van der Waals surface area contributed by atoms with Crippen molar-refractivity contribution < 1.29 is 19.0 Å². The monoisotopic (exact) mass is 371 g/mol. The molecule has 5 nitrogen and oxygen atoms in total. The minimum Gasteiger partial charge on any atom is -0.487 e. The number of benzene rings is 1. The maximum atomic E-state index is 11.5. The summed E-state index contributed by atoms with van der Waals surface area (Å²) in [6, 6.07) is 3.90. The van der Waals surface area contributed by atoms with Crippen molar-refractivity contribution in [2.24, 2.45) is 5.73 Å². The van der Waals surface area contributed by atoms with Gasteiger partial charge in [-0.1, -0.05) is 0 Å². The molecule has 0 aromatic heterocycles. The SMILES string of the molecule is CCOC(COc1cc2c(cc1Br)CCC2C(N)=O)OCC. The zero-order valence-electron chi connectivity index (χ0n) is 12.9. The van der Waals surface area contributed by atoms with Gasteiger partial charge in [-0.05, 0) is 65.9 Å². The number of carbonyl (C=O) groups excluding carboxylic acids is 1. The van der Waals surface area contributed by atoms with Crippen LogP contribution in [0.3, 0.4) is 0 Å². The van der Waals surface area contributed by atoms with Crippen LogP contribution in [0.25, 0.3) is 0 Å². The van der Waals surface area contributed by atoms with E-state index in [1.165, 1.54) is 0 Å². The van der Waals surface area contributed by atoms with E-state index in [4.69, 9.17) is 19.9 Å². The lowest BCUT2D eigenvalue weighted by molar-refractivity contribution is -0.152. The molecule has 122 valence electrons. The third kappa shape index (κ3) is 4.00. The number of primary amides is 1. The summed E-state index contributed by atoms with van der Waals surface area (Å²) in [5.41, 5.74) is 7.59. The lowest BCUT2D eigenvalue weighted by Crippen LogP contribution is -2.25. The molecule has 6 heteroatoms. The zero-order chi connectivity index (χ0) is 16.1. The van der Waals surface area contributed by atoms with Crippen molar-refractivity contribution in [3.05, 3.63) is 27.7 Å². The number of fused-ring (bicyclic) bond motifs is 1. The van der Waals surface area contributed by atoms with E-state index in [2.05, 4.69) is 15.9 Å². The number of rotatable bonds is 8. The van der Waals surface area contributed by atoms with Gasteiger partial charge in [0.25, 0.3) is 0 Å². The van der Waals surface area contributed by atoms with Crippen LogP contribution in [0.5, 0.6) is 5.75 Å². The minimum absolute atomic E-state index is 0.222. The van der Waals surface area contributed by atoms with Crippen molar-refractivity contribution in [1.82, 2.24) is 0 Å². The van der Waals surface area contributed by atoms with Gasteiger partial charge in [-0.2, -0.15) is 0 Å². The molecule has 22 heavy (non-hydrogen) atoms. The van der Waals surface area contributed by atoms with Gasteiger partial charge >= 0.3 is 0 Å². The predicted octanol–water partition coefficient (Wildman–Crippen LogP) is 2.74. The van der Waals surface area contributed by atoms with Gasteiger partial charge in [0.1, 0.15) is 12.4 Å². The van der Waals surface area contributed by atoms with Crippen LogP contribution in [0.1, 0.15) is 37.3 Å². The summed E-state index contributed by atoms with van der Waals surface area (Å²) < 4.78 is 17.6. The normalized spacial score (nSPS) is 16.8. The Labute approximate surface area is 139 Å². The van der Waals surface area contributed by atoms with Crippen LogP contribution in [0, 0.1) is 0 Å². The van der Waals surface area contributed by atoms with Gasteiger partial charge in [0.2, 0.25) is 5.91 Å². The van der Waals surface area contributed by atoms with E-state index >= 15 is 0 Å². The number of carbonyl (C=O) groups is 1. The topological polar surface area (TPSA) is 70.8 Å². The highest BCUT2D eigenvalue weighted by molar-refractivity contribution is 9.10. The first-order valence-electron chi connectivity index (χ1n) is 7.54. The molecule has 1 aliphatic carbocycles. The van der Waals surface area contributed by atoms with E-state index in [1.807, 2.05) is 26.0 Å². The Morgan fingerprint density at radius 1 is 1.36 bits per heavy atom. The molecule has 0 saturated carbocycles. The van der Waals surface area contributed by atoms with Crippen LogP contribution in [0.2, 0.25) is 0 Å². The molecule has 0 heterocycles. The molecule has 0 saturated heterocycles. The van der Waals surface area contributed by atoms with E-state index in [9.17, 15) is 4.79 Å². The van der Waals surface area contributed by atoms with E-state index < -0.39 is 6.29 Å². The number of ether oxygens (including phenoxy) is 3. The molecule has 1 atom stereocenters. The molecular formula is C16H22BrNO4. The van der Waals surface area contributed by atoms with Crippen molar-refractivity contribution in [3.63, 3.8) is 0 Å². The Morgan fingerprint density at radius 2 is 2.05 bits per heavy atom. The van der Waals surface area contributed by atoms with E-state index in [0.717, 1.165) is 28.4 Å². The Balaban J connectivity index is 2.11. The fourth-order valence-electron chi connectivity index (χ4n) is 2.69. The Bertz CT molecular complexity index is 529. The third-order valence-corrected chi connectivity index (χ3v) is 4.31. The van der Waals surface area contributed by atoms with Gasteiger partial charge < -0.3 is 19.9 Å². The standard InChI is InChI=1S/C16H22BrNO4/c1-3-20-15(21-4-2)9-22-14-8-12-10(7-13(14)17)5-6-11(12)16(18)19/h7-8,11,15H,3-6,9H2,1-2H3,(H2,18,19). The molecule has 1 aliphatic rings. The smallest absolute Gasteiger partial charge is 0.224 e. The largest absolute Gasteiger partial charge is 0.487 e. The molecule has 2 N–H and O–H groups in total. The highest BCUT2D eigenvalue weighted by Crippen LogP contribution is 2.39. The van der Waals surface area contributed by atoms with Gasteiger partial charge in [-0.25, -0.2) is 0 Å². The van der Waals surface area contributed by atoms with Gasteiger partial charge in [0.05, 0.1) is 10.4 Å².